The summed E-state index contributed by atoms with van der Waals surface area (Å²) < 4.78 is 18.4. The molecule has 0 aliphatic rings. The molecule has 2 aromatic rings. The highest BCUT2D eigenvalue weighted by Crippen LogP contribution is 2.15. The van der Waals surface area contributed by atoms with Crippen molar-refractivity contribution in [2.45, 2.75) is 13.8 Å². The van der Waals surface area contributed by atoms with E-state index in [1.807, 2.05) is 26.0 Å². The normalized spacial score (nSPS) is 10.2. The number of amides is 1. The van der Waals surface area contributed by atoms with Gasteiger partial charge in [-0.25, -0.2) is 4.39 Å². The van der Waals surface area contributed by atoms with Gasteiger partial charge >= 0.3 is 0 Å². The van der Waals surface area contributed by atoms with E-state index in [0.29, 0.717) is 18.7 Å². The summed E-state index contributed by atoms with van der Waals surface area (Å²) in [5.74, 6) is 0.201. The highest BCUT2D eigenvalue weighted by atomic mass is 19.1. The molecule has 0 unspecified atom stereocenters. The van der Waals surface area contributed by atoms with Crippen molar-refractivity contribution in [3.8, 4) is 5.75 Å². The molecule has 2 aromatic carbocycles. The number of hydrogen-bond acceptors (Lipinski definition) is 2. The molecule has 0 aliphatic carbocycles. The molecule has 1 N–H and O–H groups in total. The molecule has 0 saturated heterocycles. The lowest BCUT2D eigenvalue weighted by molar-refractivity contribution is 0.0947. The van der Waals surface area contributed by atoms with E-state index in [9.17, 15) is 9.18 Å². The Morgan fingerprint density at radius 3 is 2.33 bits per heavy atom. The van der Waals surface area contributed by atoms with Crippen molar-refractivity contribution in [1.29, 1.82) is 0 Å². The second-order valence-corrected chi connectivity index (χ2v) is 4.93. The van der Waals surface area contributed by atoms with Gasteiger partial charge < -0.3 is 10.1 Å². The molecule has 4 heteroatoms. The van der Waals surface area contributed by atoms with Gasteiger partial charge in [0.25, 0.3) is 5.91 Å². The minimum absolute atomic E-state index is 0.237. The number of halogens is 1. The second-order valence-electron chi connectivity index (χ2n) is 4.93. The van der Waals surface area contributed by atoms with Crippen LogP contribution in [0.1, 0.15) is 21.5 Å². The third-order valence-electron chi connectivity index (χ3n) is 2.96. The van der Waals surface area contributed by atoms with Crippen molar-refractivity contribution in [3.63, 3.8) is 0 Å². The molecule has 0 aliphatic heterocycles. The molecule has 0 saturated carbocycles. The Hall–Kier alpha value is -2.36. The van der Waals surface area contributed by atoms with E-state index in [1.54, 1.807) is 0 Å². The number of rotatable bonds is 5. The smallest absolute Gasteiger partial charge is 0.251 e. The fourth-order valence-electron chi connectivity index (χ4n) is 2.05. The maximum absolute atomic E-state index is 12.8. The first-order valence-corrected chi connectivity index (χ1v) is 6.79. The Kier molecular flexibility index (Phi) is 4.93. The third-order valence-corrected chi connectivity index (χ3v) is 2.96. The van der Waals surface area contributed by atoms with Gasteiger partial charge in [-0.05, 0) is 61.4 Å². The van der Waals surface area contributed by atoms with E-state index in [1.165, 1.54) is 24.3 Å². The van der Waals surface area contributed by atoms with Crippen LogP contribution in [0.25, 0.3) is 0 Å². The summed E-state index contributed by atoms with van der Waals surface area (Å²) in [6.07, 6.45) is 0. The van der Waals surface area contributed by atoms with Gasteiger partial charge in [0.2, 0.25) is 0 Å². The molecule has 21 heavy (non-hydrogen) atoms. The number of benzene rings is 2. The maximum Gasteiger partial charge on any atom is 0.251 e. The molecule has 0 fully saturated rings. The Morgan fingerprint density at radius 2 is 1.71 bits per heavy atom. The fraction of sp³-hybridized carbons (Fsp3) is 0.235. The summed E-state index contributed by atoms with van der Waals surface area (Å²) in [5, 5.41) is 2.73. The van der Waals surface area contributed by atoms with E-state index < -0.39 is 0 Å². The van der Waals surface area contributed by atoms with Crippen LogP contribution in [0.5, 0.6) is 5.75 Å². The summed E-state index contributed by atoms with van der Waals surface area (Å²) in [4.78, 5) is 11.8. The zero-order valence-corrected chi connectivity index (χ0v) is 12.2. The van der Waals surface area contributed by atoms with Crippen LogP contribution in [0.4, 0.5) is 4.39 Å². The standard InChI is InChI=1S/C17H18FNO2/c1-12-9-13(2)11-16(10-12)21-8-7-19-17(20)14-3-5-15(18)6-4-14/h3-6,9-11H,7-8H2,1-2H3,(H,19,20). The number of aryl methyl sites for hydroxylation is 2. The molecule has 0 spiro atoms. The Morgan fingerprint density at radius 1 is 1.10 bits per heavy atom. The van der Waals surface area contributed by atoms with Crippen LogP contribution in [0.15, 0.2) is 42.5 Å². The van der Waals surface area contributed by atoms with E-state index in [2.05, 4.69) is 11.4 Å². The monoisotopic (exact) mass is 287 g/mol. The number of carbonyl (C=O) groups excluding carboxylic acids is 1. The van der Waals surface area contributed by atoms with Crippen molar-refractivity contribution in [2.75, 3.05) is 13.2 Å². The first-order chi connectivity index (χ1) is 10.0. The van der Waals surface area contributed by atoms with Crippen molar-refractivity contribution in [1.82, 2.24) is 5.32 Å². The minimum Gasteiger partial charge on any atom is -0.492 e. The van der Waals surface area contributed by atoms with Gasteiger partial charge in [0, 0.05) is 5.56 Å². The zero-order valence-electron chi connectivity index (χ0n) is 12.2. The van der Waals surface area contributed by atoms with Gasteiger partial charge in [-0.3, -0.25) is 4.79 Å². The van der Waals surface area contributed by atoms with Crippen molar-refractivity contribution < 1.29 is 13.9 Å². The predicted molar refractivity (Wildman–Crippen MR) is 80.1 cm³/mol. The summed E-state index contributed by atoms with van der Waals surface area (Å²) >= 11 is 0. The van der Waals surface area contributed by atoms with Crippen molar-refractivity contribution in [2.24, 2.45) is 0 Å². The van der Waals surface area contributed by atoms with Crippen LogP contribution in [0, 0.1) is 19.7 Å². The van der Waals surface area contributed by atoms with E-state index >= 15 is 0 Å². The van der Waals surface area contributed by atoms with Crippen LogP contribution >= 0.6 is 0 Å². The number of hydrogen-bond donors (Lipinski definition) is 1. The number of carbonyl (C=O) groups is 1. The second kappa shape index (κ2) is 6.88. The van der Waals surface area contributed by atoms with E-state index in [-0.39, 0.29) is 11.7 Å². The number of nitrogens with one attached hydrogen (secondary N) is 1. The minimum atomic E-state index is -0.357. The molecule has 3 nitrogen and oxygen atoms in total. The molecule has 2 rings (SSSR count). The predicted octanol–water partition coefficient (Wildman–Crippen LogP) is 3.25. The van der Waals surface area contributed by atoms with Gasteiger partial charge in [0.15, 0.2) is 0 Å². The molecular formula is C17H18FNO2. The molecular weight excluding hydrogens is 269 g/mol. The van der Waals surface area contributed by atoms with E-state index in [4.69, 9.17) is 4.74 Å². The van der Waals surface area contributed by atoms with Gasteiger partial charge in [-0.1, -0.05) is 6.07 Å². The lowest BCUT2D eigenvalue weighted by atomic mass is 10.1. The molecule has 0 bridgehead atoms. The Bertz CT molecular complexity index is 603. The lowest BCUT2D eigenvalue weighted by Gasteiger charge is -2.09. The van der Waals surface area contributed by atoms with Crippen molar-refractivity contribution in [3.05, 3.63) is 65.0 Å². The lowest BCUT2D eigenvalue weighted by Crippen LogP contribution is -2.28. The molecule has 1 amide bonds. The van der Waals surface area contributed by atoms with Gasteiger partial charge in [-0.2, -0.15) is 0 Å². The molecule has 110 valence electrons. The molecule has 0 atom stereocenters. The highest BCUT2D eigenvalue weighted by molar-refractivity contribution is 5.94. The average molecular weight is 287 g/mol. The molecule has 0 aromatic heterocycles. The maximum atomic E-state index is 12.8. The van der Waals surface area contributed by atoms with Gasteiger partial charge in [0.1, 0.15) is 18.2 Å². The van der Waals surface area contributed by atoms with Crippen LogP contribution < -0.4 is 10.1 Å². The summed E-state index contributed by atoms with van der Waals surface area (Å²) in [5.41, 5.74) is 2.71. The highest BCUT2D eigenvalue weighted by Gasteiger charge is 2.04. The van der Waals surface area contributed by atoms with E-state index in [0.717, 1.165) is 16.9 Å². The van der Waals surface area contributed by atoms with Crippen LogP contribution in [0.3, 0.4) is 0 Å². The van der Waals surface area contributed by atoms with Crippen LogP contribution in [0.2, 0.25) is 0 Å². The quantitative estimate of drug-likeness (QED) is 0.857. The van der Waals surface area contributed by atoms with Crippen molar-refractivity contribution >= 4 is 5.91 Å². The Labute approximate surface area is 123 Å². The Balaban J connectivity index is 1.79. The molecule has 0 radical (unpaired) electrons. The largest absolute Gasteiger partial charge is 0.492 e. The SMILES string of the molecule is Cc1cc(C)cc(OCCNC(=O)c2ccc(F)cc2)c1. The van der Waals surface area contributed by atoms with Gasteiger partial charge in [0.05, 0.1) is 6.54 Å². The van der Waals surface area contributed by atoms with Gasteiger partial charge in [-0.15, -0.1) is 0 Å². The molecule has 0 heterocycles. The fourth-order valence-corrected chi connectivity index (χ4v) is 2.05. The number of ether oxygens (including phenoxy) is 1. The first kappa shape index (κ1) is 15.0. The average Bonchev–Trinajstić information content (AvgIpc) is 2.43. The third kappa shape index (κ3) is 4.60. The first-order valence-electron chi connectivity index (χ1n) is 6.79. The van der Waals surface area contributed by atoms with Crippen LogP contribution in [-0.2, 0) is 0 Å². The summed E-state index contributed by atoms with van der Waals surface area (Å²) in [6.45, 7) is 4.80. The summed E-state index contributed by atoms with van der Waals surface area (Å²) in [7, 11) is 0. The zero-order chi connectivity index (χ0) is 15.2. The summed E-state index contributed by atoms with van der Waals surface area (Å²) in [6, 6.07) is 11.4. The topological polar surface area (TPSA) is 38.3 Å². The van der Waals surface area contributed by atoms with Crippen LogP contribution in [-0.4, -0.2) is 19.1 Å².